The van der Waals surface area contributed by atoms with Gasteiger partial charge < -0.3 is 14.5 Å². The molecule has 0 aliphatic carbocycles. The molecule has 0 unspecified atom stereocenters. The van der Waals surface area contributed by atoms with Crippen molar-refractivity contribution in [2.75, 3.05) is 19.5 Å². The molecular weight excluding hydrogens is 196 g/mol. The molecule has 0 atom stereocenters. The minimum Gasteiger partial charge on any atom is -0.463 e. The third kappa shape index (κ3) is 1.41. The van der Waals surface area contributed by atoms with E-state index in [1.807, 2.05) is 0 Å². The molecular formula is C10H10N2O3. The van der Waals surface area contributed by atoms with E-state index < -0.39 is 5.97 Å². The topological polar surface area (TPSA) is 64.4 Å². The molecule has 0 amide bonds. The number of rotatable bonds is 2. The molecule has 0 saturated carbocycles. The first-order valence-electron chi connectivity index (χ1n) is 4.41. The molecule has 5 nitrogen and oxygen atoms in total. The molecule has 0 aliphatic heterocycles. The number of carbonyl (C=O) groups excluding carboxylic acids is 1. The third-order valence-electron chi connectivity index (χ3n) is 2.07. The normalized spacial score (nSPS) is 10.3. The van der Waals surface area contributed by atoms with Gasteiger partial charge in [0, 0.05) is 13.2 Å². The van der Waals surface area contributed by atoms with Gasteiger partial charge in [-0.2, -0.15) is 0 Å². The van der Waals surface area contributed by atoms with Crippen LogP contribution in [-0.2, 0) is 4.74 Å². The van der Waals surface area contributed by atoms with Crippen molar-refractivity contribution in [2.45, 2.75) is 0 Å². The molecule has 15 heavy (non-hydrogen) atoms. The fourth-order valence-corrected chi connectivity index (χ4v) is 1.40. The minimum absolute atomic E-state index is 0.147. The SMILES string of the molecule is CNc1c(C(=O)OC)oc2cccnc12. The van der Waals surface area contributed by atoms with Gasteiger partial charge in [-0.3, -0.25) is 4.98 Å². The number of hydrogen-bond donors (Lipinski definition) is 1. The zero-order chi connectivity index (χ0) is 10.8. The van der Waals surface area contributed by atoms with Crippen LogP contribution in [0.3, 0.4) is 0 Å². The predicted octanol–water partition coefficient (Wildman–Crippen LogP) is 1.66. The molecule has 0 aliphatic rings. The number of ether oxygens (including phenoxy) is 1. The van der Waals surface area contributed by atoms with Crippen LogP contribution in [0.25, 0.3) is 11.1 Å². The molecule has 78 valence electrons. The van der Waals surface area contributed by atoms with E-state index in [1.165, 1.54) is 7.11 Å². The summed E-state index contributed by atoms with van der Waals surface area (Å²) in [5.74, 6) is -0.369. The zero-order valence-corrected chi connectivity index (χ0v) is 8.40. The highest BCUT2D eigenvalue weighted by atomic mass is 16.5. The number of nitrogens with zero attached hydrogens (tertiary/aromatic N) is 1. The van der Waals surface area contributed by atoms with Crippen LogP contribution < -0.4 is 5.32 Å². The first-order chi connectivity index (χ1) is 7.27. The van der Waals surface area contributed by atoms with Crippen LogP contribution in [0.2, 0.25) is 0 Å². The summed E-state index contributed by atoms with van der Waals surface area (Å²) in [4.78, 5) is 15.5. The lowest BCUT2D eigenvalue weighted by Crippen LogP contribution is -2.03. The lowest BCUT2D eigenvalue weighted by atomic mass is 10.3. The van der Waals surface area contributed by atoms with Crippen molar-refractivity contribution in [3.63, 3.8) is 0 Å². The fraction of sp³-hybridized carbons (Fsp3) is 0.200. The van der Waals surface area contributed by atoms with Gasteiger partial charge in [-0.25, -0.2) is 4.79 Å². The van der Waals surface area contributed by atoms with E-state index >= 15 is 0 Å². The first kappa shape index (κ1) is 9.51. The monoisotopic (exact) mass is 206 g/mol. The molecule has 0 bridgehead atoms. The highest BCUT2D eigenvalue weighted by molar-refractivity contribution is 6.02. The molecule has 5 heteroatoms. The van der Waals surface area contributed by atoms with Crippen molar-refractivity contribution in [1.82, 2.24) is 4.98 Å². The van der Waals surface area contributed by atoms with Gasteiger partial charge in [0.15, 0.2) is 5.58 Å². The van der Waals surface area contributed by atoms with Gasteiger partial charge in [-0.05, 0) is 12.1 Å². The Morgan fingerprint density at radius 3 is 3.07 bits per heavy atom. The van der Waals surface area contributed by atoms with Crippen molar-refractivity contribution in [2.24, 2.45) is 0 Å². The number of carbonyl (C=O) groups is 1. The van der Waals surface area contributed by atoms with E-state index in [9.17, 15) is 4.79 Å². The number of furan rings is 1. The Kier molecular flexibility index (Phi) is 2.29. The summed E-state index contributed by atoms with van der Waals surface area (Å²) >= 11 is 0. The summed E-state index contributed by atoms with van der Waals surface area (Å²) in [6, 6.07) is 3.49. The quantitative estimate of drug-likeness (QED) is 0.757. The van der Waals surface area contributed by atoms with Crippen LogP contribution in [0.1, 0.15) is 10.6 Å². The predicted molar refractivity (Wildman–Crippen MR) is 54.9 cm³/mol. The molecule has 2 heterocycles. The summed E-state index contributed by atoms with van der Waals surface area (Å²) in [5, 5.41) is 2.88. The van der Waals surface area contributed by atoms with Gasteiger partial charge in [-0.15, -0.1) is 0 Å². The highest BCUT2D eigenvalue weighted by Crippen LogP contribution is 2.28. The maximum atomic E-state index is 11.4. The molecule has 2 aromatic heterocycles. The van der Waals surface area contributed by atoms with Gasteiger partial charge in [-0.1, -0.05) is 0 Å². The van der Waals surface area contributed by atoms with Gasteiger partial charge in [0.2, 0.25) is 5.76 Å². The number of hydrogen-bond acceptors (Lipinski definition) is 5. The summed E-state index contributed by atoms with van der Waals surface area (Å²) in [7, 11) is 3.01. The van der Waals surface area contributed by atoms with Crippen LogP contribution in [0, 0.1) is 0 Å². The van der Waals surface area contributed by atoms with E-state index in [-0.39, 0.29) is 5.76 Å². The number of aromatic nitrogens is 1. The van der Waals surface area contributed by atoms with Crippen LogP contribution in [0.15, 0.2) is 22.7 Å². The summed E-state index contributed by atoms with van der Waals surface area (Å²) < 4.78 is 9.95. The van der Waals surface area contributed by atoms with Crippen molar-refractivity contribution in [3.05, 3.63) is 24.1 Å². The molecule has 0 radical (unpaired) electrons. The van der Waals surface area contributed by atoms with Crippen LogP contribution in [0.4, 0.5) is 5.69 Å². The van der Waals surface area contributed by atoms with Crippen LogP contribution in [-0.4, -0.2) is 25.1 Å². The average molecular weight is 206 g/mol. The fourth-order valence-electron chi connectivity index (χ4n) is 1.40. The summed E-state index contributed by atoms with van der Waals surface area (Å²) in [6.07, 6.45) is 1.64. The molecule has 0 saturated heterocycles. The van der Waals surface area contributed by atoms with E-state index in [2.05, 4.69) is 15.0 Å². The van der Waals surface area contributed by atoms with Gasteiger partial charge in [0.05, 0.1) is 7.11 Å². The van der Waals surface area contributed by atoms with E-state index in [4.69, 9.17) is 4.42 Å². The van der Waals surface area contributed by atoms with Gasteiger partial charge >= 0.3 is 5.97 Å². The molecule has 2 rings (SSSR count). The van der Waals surface area contributed by atoms with Crippen LogP contribution in [0.5, 0.6) is 0 Å². The number of esters is 1. The maximum Gasteiger partial charge on any atom is 0.376 e. The Morgan fingerprint density at radius 2 is 2.40 bits per heavy atom. The second kappa shape index (κ2) is 3.61. The molecule has 2 aromatic rings. The minimum atomic E-state index is -0.516. The van der Waals surface area contributed by atoms with Crippen molar-refractivity contribution >= 4 is 22.8 Å². The smallest absolute Gasteiger partial charge is 0.376 e. The standard InChI is InChI=1S/C10H10N2O3/c1-11-8-7-6(4-3-5-12-7)15-9(8)10(13)14-2/h3-5,11H,1-2H3. The largest absolute Gasteiger partial charge is 0.463 e. The molecule has 1 N–H and O–H groups in total. The number of anilines is 1. The van der Waals surface area contributed by atoms with Crippen LogP contribution >= 0.6 is 0 Å². The van der Waals surface area contributed by atoms with E-state index in [0.717, 1.165) is 0 Å². The van der Waals surface area contributed by atoms with E-state index in [0.29, 0.717) is 16.8 Å². The Morgan fingerprint density at radius 1 is 1.60 bits per heavy atom. The molecule has 0 spiro atoms. The highest BCUT2D eigenvalue weighted by Gasteiger charge is 2.20. The van der Waals surface area contributed by atoms with Crippen molar-refractivity contribution in [1.29, 1.82) is 0 Å². The number of pyridine rings is 1. The van der Waals surface area contributed by atoms with Gasteiger partial charge in [0.25, 0.3) is 0 Å². The maximum absolute atomic E-state index is 11.4. The Hall–Kier alpha value is -2.04. The zero-order valence-electron chi connectivity index (χ0n) is 8.40. The van der Waals surface area contributed by atoms with Crippen molar-refractivity contribution in [3.8, 4) is 0 Å². The number of nitrogens with one attached hydrogen (secondary N) is 1. The lowest BCUT2D eigenvalue weighted by Gasteiger charge is -1.98. The number of fused-ring (bicyclic) bond motifs is 1. The lowest BCUT2D eigenvalue weighted by molar-refractivity contribution is 0.0569. The second-order valence-electron chi connectivity index (χ2n) is 2.90. The van der Waals surface area contributed by atoms with Gasteiger partial charge in [0.1, 0.15) is 11.2 Å². The van der Waals surface area contributed by atoms with Crippen molar-refractivity contribution < 1.29 is 13.9 Å². The Labute approximate surface area is 86.0 Å². The average Bonchev–Trinajstić information content (AvgIpc) is 2.66. The number of methoxy groups -OCH3 is 1. The first-order valence-corrected chi connectivity index (χ1v) is 4.41. The Bertz CT molecular complexity index is 504. The summed E-state index contributed by atoms with van der Waals surface area (Å²) in [5.41, 5.74) is 1.74. The summed E-state index contributed by atoms with van der Waals surface area (Å²) in [6.45, 7) is 0. The Balaban J connectivity index is 2.69. The molecule has 0 aromatic carbocycles. The van der Waals surface area contributed by atoms with E-state index in [1.54, 1.807) is 25.4 Å². The third-order valence-corrected chi connectivity index (χ3v) is 2.07. The second-order valence-corrected chi connectivity index (χ2v) is 2.90. The molecule has 0 fully saturated rings.